The number of hydrogen-bond acceptors (Lipinski definition) is 2. The van der Waals surface area contributed by atoms with Crippen LogP contribution < -0.4 is 4.74 Å². The van der Waals surface area contributed by atoms with Crippen LogP contribution in [0.4, 0.5) is 4.79 Å². The Morgan fingerprint density at radius 2 is 2.06 bits per heavy atom. The molecule has 0 heterocycles. The van der Waals surface area contributed by atoms with Crippen molar-refractivity contribution in [1.29, 1.82) is 0 Å². The Kier molecular flexibility index (Phi) is 5.03. The van der Waals surface area contributed by atoms with E-state index in [1.807, 2.05) is 39.8 Å². The normalized spacial score (nSPS) is 11.2. The lowest BCUT2D eigenvalue weighted by Gasteiger charge is -2.33. The van der Waals surface area contributed by atoms with E-state index >= 15 is 0 Å². The Labute approximate surface area is 114 Å². The summed E-state index contributed by atoms with van der Waals surface area (Å²) < 4.78 is 5.36. The third-order valence-corrected chi connectivity index (χ3v) is 2.91. The highest BCUT2D eigenvalue weighted by Gasteiger charge is 2.26. The number of amides is 1. The highest BCUT2D eigenvalue weighted by atomic mass is 35.5. The molecule has 0 fully saturated rings. The van der Waals surface area contributed by atoms with Crippen molar-refractivity contribution in [2.75, 3.05) is 6.54 Å². The maximum atomic E-state index is 12.1. The van der Waals surface area contributed by atoms with Gasteiger partial charge in [-0.3, -0.25) is 0 Å². The SMILES string of the molecule is CCN(C(=O)Oc1cccc(CCl)c1)C(C)(C)C. The highest BCUT2D eigenvalue weighted by molar-refractivity contribution is 6.17. The van der Waals surface area contributed by atoms with Crippen molar-refractivity contribution in [2.45, 2.75) is 39.1 Å². The Hall–Kier alpha value is -1.22. The summed E-state index contributed by atoms with van der Waals surface area (Å²) in [6, 6.07) is 7.26. The Morgan fingerprint density at radius 1 is 1.39 bits per heavy atom. The van der Waals surface area contributed by atoms with E-state index in [1.54, 1.807) is 17.0 Å². The Balaban J connectivity index is 2.80. The van der Waals surface area contributed by atoms with E-state index < -0.39 is 0 Å². The number of hydrogen-bond donors (Lipinski definition) is 0. The van der Waals surface area contributed by atoms with Gasteiger partial charge in [-0.25, -0.2) is 4.79 Å². The smallest absolute Gasteiger partial charge is 0.410 e. The summed E-state index contributed by atoms with van der Waals surface area (Å²) in [6.45, 7) is 8.48. The number of nitrogens with zero attached hydrogens (tertiary/aromatic N) is 1. The lowest BCUT2D eigenvalue weighted by atomic mass is 10.1. The molecular formula is C14H20ClNO2. The number of rotatable bonds is 3. The summed E-state index contributed by atoms with van der Waals surface area (Å²) in [6.07, 6.45) is -0.336. The van der Waals surface area contributed by atoms with Crippen molar-refractivity contribution in [1.82, 2.24) is 4.90 Å². The number of alkyl halides is 1. The largest absolute Gasteiger partial charge is 0.415 e. The molecule has 0 saturated heterocycles. The van der Waals surface area contributed by atoms with E-state index in [0.717, 1.165) is 5.56 Å². The predicted octanol–water partition coefficient (Wildman–Crippen LogP) is 4.04. The molecule has 3 nitrogen and oxygen atoms in total. The maximum Gasteiger partial charge on any atom is 0.415 e. The predicted molar refractivity (Wildman–Crippen MR) is 74.2 cm³/mol. The van der Waals surface area contributed by atoms with Gasteiger partial charge in [-0.2, -0.15) is 0 Å². The molecule has 1 amide bonds. The molecule has 0 saturated carbocycles. The molecule has 0 spiro atoms. The molecule has 1 rings (SSSR count). The lowest BCUT2D eigenvalue weighted by molar-refractivity contribution is 0.110. The van der Waals surface area contributed by atoms with Crippen LogP contribution in [0.3, 0.4) is 0 Å². The zero-order valence-corrected chi connectivity index (χ0v) is 12.1. The first-order chi connectivity index (χ1) is 8.38. The molecule has 0 atom stereocenters. The number of carbonyl (C=O) groups excluding carboxylic acids is 1. The fraction of sp³-hybridized carbons (Fsp3) is 0.500. The van der Waals surface area contributed by atoms with Gasteiger partial charge in [0.2, 0.25) is 0 Å². The minimum absolute atomic E-state index is 0.254. The van der Waals surface area contributed by atoms with Crippen LogP contribution in [-0.4, -0.2) is 23.1 Å². The van der Waals surface area contributed by atoms with Crippen molar-refractivity contribution in [2.24, 2.45) is 0 Å². The van der Waals surface area contributed by atoms with Crippen LogP contribution in [0.2, 0.25) is 0 Å². The molecule has 0 N–H and O–H groups in total. The van der Waals surface area contributed by atoms with Crippen molar-refractivity contribution in [3.8, 4) is 5.75 Å². The van der Waals surface area contributed by atoms with Gasteiger partial charge in [0.25, 0.3) is 0 Å². The van der Waals surface area contributed by atoms with Crippen molar-refractivity contribution < 1.29 is 9.53 Å². The quantitative estimate of drug-likeness (QED) is 0.775. The van der Waals surface area contributed by atoms with Crippen molar-refractivity contribution in [3.63, 3.8) is 0 Å². The Bertz CT molecular complexity index is 413. The second kappa shape index (κ2) is 6.10. The summed E-state index contributed by atoms with van der Waals surface area (Å²) in [5.74, 6) is 0.933. The van der Waals surface area contributed by atoms with E-state index in [1.165, 1.54) is 0 Å². The first kappa shape index (κ1) is 14.8. The van der Waals surface area contributed by atoms with Crippen LogP contribution in [0, 0.1) is 0 Å². The molecular weight excluding hydrogens is 250 g/mol. The zero-order chi connectivity index (χ0) is 13.8. The maximum absolute atomic E-state index is 12.1. The lowest BCUT2D eigenvalue weighted by Crippen LogP contribution is -2.46. The molecule has 0 aliphatic carbocycles. The second-order valence-electron chi connectivity index (χ2n) is 5.06. The number of ether oxygens (including phenoxy) is 1. The van der Waals surface area contributed by atoms with Crippen LogP contribution in [0.5, 0.6) is 5.75 Å². The summed E-state index contributed by atoms with van der Waals surface area (Å²) in [4.78, 5) is 13.7. The van der Waals surface area contributed by atoms with Crippen molar-refractivity contribution in [3.05, 3.63) is 29.8 Å². The van der Waals surface area contributed by atoms with Gasteiger partial charge in [-0.15, -0.1) is 11.6 Å². The highest BCUT2D eigenvalue weighted by Crippen LogP contribution is 2.19. The van der Waals surface area contributed by atoms with Gasteiger partial charge in [-0.1, -0.05) is 12.1 Å². The standard InChI is InChI=1S/C14H20ClNO2/c1-5-16(14(2,3)4)13(17)18-12-8-6-7-11(9-12)10-15/h6-9H,5,10H2,1-4H3. The molecule has 18 heavy (non-hydrogen) atoms. The number of benzene rings is 1. The number of halogens is 1. The average Bonchev–Trinajstić information content (AvgIpc) is 2.28. The molecule has 0 aliphatic rings. The first-order valence-electron chi connectivity index (χ1n) is 6.03. The van der Waals surface area contributed by atoms with Gasteiger partial charge in [-0.05, 0) is 45.4 Å². The fourth-order valence-electron chi connectivity index (χ4n) is 1.73. The van der Waals surface area contributed by atoms with Gasteiger partial charge >= 0.3 is 6.09 Å². The molecule has 1 aromatic carbocycles. The van der Waals surface area contributed by atoms with E-state index in [4.69, 9.17) is 16.3 Å². The molecule has 1 aromatic rings. The fourth-order valence-corrected chi connectivity index (χ4v) is 1.89. The monoisotopic (exact) mass is 269 g/mol. The van der Waals surface area contributed by atoms with Crippen LogP contribution in [0.1, 0.15) is 33.3 Å². The van der Waals surface area contributed by atoms with Gasteiger partial charge in [0.15, 0.2) is 0 Å². The first-order valence-corrected chi connectivity index (χ1v) is 6.56. The number of carbonyl (C=O) groups is 1. The van der Waals surface area contributed by atoms with Crippen molar-refractivity contribution >= 4 is 17.7 Å². The van der Waals surface area contributed by atoms with E-state index in [9.17, 15) is 4.79 Å². The molecule has 100 valence electrons. The van der Waals surface area contributed by atoms with Gasteiger partial charge in [0.05, 0.1) is 0 Å². The van der Waals surface area contributed by atoms with Crippen LogP contribution in [0.25, 0.3) is 0 Å². The third kappa shape index (κ3) is 3.91. The van der Waals surface area contributed by atoms with Crippen LogP contribution >= 0.6 is 11.6 Å². The minimum atomic E-state index is -0.336. The van der Waals surface area contributed by atoms with Gasteiger partial charge in [0.1, 0.15) is 5.75 Å². The van der Waals surface area contributed by atoms with E-state index in [2.05, 4.69) is 0 Å². The molecule has 0 bridgehead atoms. The molecule has 0 unspecified atom stereocenters. The molecule has 4 heteroatoms. The second-order valence-corrected chi connectivity index (χ2v) is 5.33. The van der Waals surface area contributed by atoms with Gasteiger partial charge in [0, 0.05) is 18.0 Å². The van der Waals surface area contributed by atoms with Gasteiger partial charge < -0.3 is 9.64 Å². The van der Waals surface area contributed by atoms with Crippen LogP contribution in [-0.2, 0) is 5.88 Å². The zero-order valence-electron chi connectivity index (χ0n) is 11.4. The molecule has 0 radical (unpaired) electrons. The van der Waals surface area contributed by atoms with E-state index in [0.29, 0.717) is 18.2 Å². The summed E-state index contributed by atoms with van der Waals surface area (Å²) in [5.41, 5.74) is 0.677. The topological polar surface area (TPSA) is 29.5 Å². The summed E-state index contributed by atoms with van der Waals surface area (Å²) in [5, 5.41) is 0. The van der Waals surface area contributed by atoms with E-state index in [-0.39, 0.29) is 11.6 Å². The minimum Gasteiger partial charge on any atom is -0.410 e. The molecule has 0 aliphatic heterocycles. The summed E-state index contributed by atoms with van der Waals surface area (Å²) >= 11 is 5.75. The Morgan fingerprint density at radius 3 is 2.56 bits per heavy atom. The average molecular weight is 270 g/mol. The van der Waals surface area contributed by atoms with Crippen LogP contribution in [0.15, 0.2) is 24.3 Å². The third-order valence-electron chi connectivity index (χ3n) is 2.60. The molecule has 0 aromatic heterocycles. The summed E-state index contributed by atoms with van der Waals surface area (Å²) in [7, 11) is 0.